The van der Waals surface area contributed by atoms with Gasteiger partial charge in [0.05, 0.1) is 18.9 Å². The van der Waals surface area contributed by atoms with Crippen LogP contribution in [-0.2, 0) is 11.8 Å². The van der Waals surface area contributed by atoms with Crippen LogP contribution in [0.3, 0.4) is 0 Å². The molecule has 3 aromatic rings. The molecule has 9 heteroatoms. The lowest BCUT2D eigenvalue weighted by molar-refractivity contribution is -0.113. The smallest absolute Gasteiger partial charge is 0.251 e. The van der Waals surface area contributed by atoms with Crippen LogP contribution in [0.15, 0.2) is 47.6 Å². The summed E-state index contributed by atoms with van der Waals surface area (Å²) in [6.45, 7) is 7.96. The zero-order valence-corrected chi connectivity index (χ0v) is 21.2. The van der Waals surface area contributed by atoms with Gasteiger partial charge in [0.15, 0.2) is 11.0 Å². The van der Waals surface area contributed by atoms with Gasteiger partial charge in [-0.15, -0.1) is 10.2 Å². The lowest BCUT2D eigenvalue weighted by atomic mass is 10.0. The van der Waals surface area contributed by atoms with E-state index in [9.17, 15) is 9.59 Å². The van der Waals surface area contributed by atoms with Crippen LogP contribution in [0, 0.1) is 19.8 Å². The first kappa shape index (κ1) is 25.3. The molecule has 0 aliphatic carbocycles. The summed E-state index contributed by atoms with van der Waals surface area (Å²) in [6.07, 6.45) is 0. The molecule has 34 heavy (non-hydrogen) atoms. The summed E-state index contributed by atoms with van der Waals surface area (Å²) < 4.78 is 6.99. The molecule has 180 valence electrons. The van der Waals surface area contributed by atoms with Gasteiger partial charge < -0.3 is 19.9 Å². The van der Waals surface area contributed by atoms with Crippen molar-refractivity contribution in [2.24, 2.45) is 13.0 Å². The molecule has 0 aliphatic rings. The van der Waals surface area contributed by atoms with Gasteiger partial charge in [0, 0.05) is 18.3 Å². The van der Waals surface area contributed by atoms with Gasteiger partial charge in [0.2, 0.25) is 5.91 Å². The lowest BCUT2D eigenvalue weighted by Crippen LogP contribution is -2.33. The Bertz CT molecular complexity index is 1140. The number of thioether (sulfide) groups is 1. The Morgan fingerprint density at radius 3 is 2.29 bits per heavy atom. The summed E-state index contributed by atoms with van der Waals surface area (Å²) in [5.41, 5.74) is 3.41. The SMILES string of the molecule is COc1ccc(C(=O)N[C@@H](c2nnc(SCC(=O)Nc3c(C)cccc3C)n2C)C(C)C)cc1. The predicted molar refractivity (Wildman–Crippen MR) is 134 cm³/mol. The van der Waals surface area contributed by atoms with Crippen LogP contribution < -0.4 is 15.4 Å². The molecule has 2 aromatic carbocycles. The summed E-state index contributed by atoms with van der Waals surface area (Å²) in [4.78, 5) is 25.4. The molecule has 0 aliphatic heterocycles. The van der Waals surface area contributed by atoms with Gasteiger partial charge in [-0.3, -0.25) is 9.59 Å². The number of amides is 2. The number of carbonyl (C=O) groups excluding carboxylic acids is 2. The second-order valence-electron chi connectivity index (χ2n) is 8.43. The van der Waals surface area contributed by atoms with E-state index >= 15 is 0 Å². The third-order valence-electron chi connectivity index (χ3n) is 5.53. The van der Waals surface area contributed by atoms with Crippen LogP contribution in [0.1, 0.15) is 47.2 Å². The third-order valence-corrected chi connectivity index (χ3v) is 6.55. The minimum atomic E-state index is -0.343. The van der Waals surface area contributed by atoms with E-state index < -0.39 is 0 Å². The molecule has 0 saturated carbocycles. The van der Waals surface area contributed by atoms with Crippen LogP contribution in [0.25, 0.3) is 0 Å². The van der Waals surface area contributed by atoms with E-state index in [-0.39, 0.29) is 29.5 Å². The number of para-hydroxylation sites is 1. The molecule has 8 nitrogen and oxygen atoms in total. The molecule has 1 heterocycles. The van der Waals surface area contributed by atoms with E-state index in [1.54, 1.807) is 31.4 Å². The number of nitrogens with zero attached hydrogens (tertiary/aromatic N) is 3. The number of hydrogen-bond donors (Lipinski definition) is 2. The first-order chi connectivity index (χ1) is 16.2. The minimum Gasteiger partial charge on any atom is -0.497 e. The molecule has 0 fully saturated rings. The summed E-state index contributed by atoms with van der Waals surface area (Å²) in [6, 6.07) is 12.5. The maximum absolute atomic E-state index is 12.8. The Hall–Kier alpha value is -3.33. The van der Waals surface area contributed by atoms with Crippen molar-refractivity contribution in [3.63, 3.8) is 0 Å². The van der Waals surface area contributed by atoms with Gasteiger partial charge in [-0.25, -0.2) is 0 Å². The highest BCUT2D eigenvalue weighted by molar-refractivity contribution is 7.99. The fourth-order valence-corrected chi connectivity index (χ4v) is 4.25. The van der Waals surface area contributed by atoms with E-state index in [2.05, 4.69) is 20.8 Å². The fraction of sp³-hybridized carbons (Fsp3) is 0.360. The topological polar surface area (TPSA) is 98.1 Å². The van der Waals surface area contributed by atoms with Gasteiger partial charge in [-0.1, -0.05) is 43.8 Å². The maximum Gasteiger partial charge on any atom is 0.251 e. The normalized spacial score (nSPS) is 11.9. The second-order valence-corrected chi connectivity index (χ2v) is 9.37. The van der Waals surface area contributed by atoms with Crippen molar-refractivity contribution < 1.29 is 14.3 Å². The number of rotatable bonds is 9. The standard InChI is InChI=1S/C25H31N5O3S/c1-15(2)21(27-24(32)18-10-12-19(33-6)13-11-18)23-28-29-25(30(23)5)34-14-20(31)26-22-16(3)8-7-9-17(22)4/h7-13,15,21H,14H2,1-6H3,(H,26,31)(H,27,32)/t21-/m1/s1. The zero-order valence-electron chi connectivity index (χ0n) is 20.4. The number of carbonyl (C=O) groups is 2. The highest BCUT2D eigenvalue weighted by Gasteiger charge is 2.25. The number of aromatic nitrogens is 3. The van der Waals surface area contributed by atoms with Crippen LogP contribution in [0.2, 0.25) is 0 Å². The molecule has 0 saturated heterocycles. The summed E-state index contributed by atoms with van der Waals surface area (Å²) >= 11 is 1.31. The number of hydrogen-bond acceptors (Lipinski definition) is 6. The highest BCUT2D eigenvalue weighted by atomic mass is 32.2. The van der Waals surface area contributed by atoms with Crippen molar-refractivity contribution in [3.05, 3.63) is 65.0 Å². The van der Waals surface area contributed by atoms with E-state index in [0.717, 1.165) is 16.8 Å². The van der Waals surface area contributed by atoms with Gasteiger partial charge >= 0.3 is 0 Å². The van der Waals surface area contributed by atoms with E-state index in [4.69, 9.17) is 4.74 Å². The number of aryl methyl sites for hydroxylation is 2. The van der Waals surface area contributed by atoms with E-state index in [0.29, 0.717) is 22.3 Å². The van der Waals surface area contributed by atoms with Crippen molar-refractivity contribution in [1.29, 1.82) is 0 Å². The number of benzene rings is 2. The fourth-order valence-electron chi connectivity index (χ4n) is 3.54. The Morgan fingerprint density at radius 1 is 1.06 bits per heavy atom. The van der Waals surface area contributed by atoms with Crippen molar-refractivity contribution in [2.45, 2.75) is 38.9 Å². The average Bonchev–Trinajstić information content (AvgIpc) is 3.18. The largest absolute Gasteiger partial charge is 0.497 e. The zero-order chi connectivity index (χ0) is 24.8. The van der Waals surface area contributed by atoms with Gasteiger partial charge in [0.1, 0.15) is 5.75 Å². The summed E-state index contributed by atoms with van der Waals surface area (Å²) in [5, 5.41) is 15.2. The van der Waals surface area contributed by atoms with Gasteiger partial charge in [0.25, 0.3) is 5.91 Å². The first-order valence-corrected chi connectivity index (χ1v) is 12.0. The van der Waals surface area contributed by atoms with Crippen LogP contribution >= 0.6 is 11.8 Å². The van der Waals surface area contributed by atoms with Gasteiger partial charge in [-0.2, -0.15) is 0 Å². The Balaban J connectivity index is 1.67. The van der Waals surface area contributed by atoms with Crippen molar-refractivity contribution in [2.75, 3.05) is 18.2 Å². The summed E-state index contributed by atoms with van der Waals surface area (Å²) in [5.74, 6) is 1.29. The second kappa shape index (κ2) is 11.2. The molecule has 3 rings (SSSR count). The molecule has 0 bridgehead atoms. The van der Waals surface area contributed by atoms with Crippen molar-refractivity contribution in [3.8, 4) is 5.75 Å². The molecule has 0 spiro atoms. The molecular formula is C25H31N5O3S. The van der Waals surface area contributed by atoms with E-state index in [1.807, 2.05) is 57.5 Å². The van der Waals surface area contributed by atoms with E-state index in [1.165, 1.54) is 11.8 Å². The number of ether oxygens (including phenoxy) is 1. The van der Waals surface area contributed by atoms with Crippen LogP contribution in [-0.4, -0.2) is 39.4 Å². The monoisotopic (exact) mass is 481 g/mol. The molecule has 1 atom stereocenters. The molecule has 0 unspecified atom stereocenters. The average molecular weight is 482 g/mol. The third kappa shape index (κ3) is 5.96. The number of methoxy groups -OCH3 is 1. The Morgan fingerprint density at radius 2 is 1.71 bits per heavy atom. The molecule has 2 N–H and O–H groups in total. The highest BCUT2D eigenvalue weighted by Crippen LogP contribution is 2.25. The summed E-state index contributed by atoms with van der Waals surface area (Å²) in [7, 11) is 3.43. The lowest BCUT2D eigenvalue weighted by Gasteiger charge is -2.21. The van der Waals surface area contributed by atoms with Gasteiger partial charge in [-0.05, 0) is 55.2 Å². The maximum atomic E-state index is 12.8. The molecule has 2 amide bonds. The Labute approximate surface area is 204 Å². The first-order valence-electron chi connectivity index (χ1n) is 11.0. The van der Waals surface area contributed by atoms with Crippen molar-refractivity contribution >= 4 is 29.3 Å². The molecule has 1 aromatic heterocycles. The molecular weight excluding hydrogens is 450 g/mol. The van der Waals surface area contributed by atoms with Crippen LogP contribution in [0.5, 0.6) is 5.75 Å². The molecule has 0 radical (unpaired) electrons. The predicted octanol–water partition coefficient (Wildman–Crippen LogP) is 4.30. The van der Waals surface area contributed by atoms with Crippen LogP contribution in [0.4, 0.5) is 5.69 Å². The number of nitrogens with one attached hydrogen (secondary N) is 2. The minimum absolute atomic E-state index is 0.0790. The number of anilines is 1. The quantitative estimate of drug-likeness (QED) is 0.442. The van der Waals surface area contributed by atoms with Crippen molar-refractivity contribution in [1.82, 2.24) is 20.1 Å². The Kier molecular flexibility index (Phi) is 8.33.